The van der Waals surface area contributed by atoms with E-state index in [-0.39, 0.29) is 6.61 Å². The number of likely N-dealkylation sites (tertiary alicyclic amines) is 1. The molecule has 5 rings (SSSR count). The zero-order chi connectivity index (χ0) is 36.9. The summed E-state index contributed by atoms with van der Waals surface area (Å²) >= 11 is 6.85. The minimum Gasteiger partial charge on any atom is -0.493 e. The molecule has 0 atom stereocenters. The molecule has 0 spiro atoms. The number of amidine groups is 1. The Morgan fingerprint density at radius 1 is 0.962 bits per heavy atom. The van der Waals surface area contributed by atoms with Crippen molar-refractivity contribution in [2.24, 2.45) is 16.7 Å². The third kappa shape index (κ3) is 10.6. The van der Waals surface area contributed by atoms with Gasteiger partial charge < -0.3 is 29.7 Å². The maximum absolute atomic E-state index is 9.33. The van der Waals surface area contributed by atoms with E-state index < -0.39 is 0 Å². The average molecular weight is 725 g/mol. The number of nitrogens with one attached hydrogen (secondary N) is 1. The molecule has 11 nitrogen and oxygen atoms in total. The van der Waals surface area contributed by atoms with Gasteiger partial charge in [-0.15, -0.1) is 0 Å². The lowest BCUT2D eigenvalue weighted by Crippen LogP contribution is -2.27. The first-order valence-corrected chi connectivity index (χ1v) is 18.0. The molecule has 52 heavy (non-hydrogen) atoms. The molecule has 2 heterocycles. The van der Waals surface area contributed by atoms with Crippen molar-refractivity contribution in [3.05, 3.63) is 105 Å². The SMILES string of the molecule is Cc1c(COc2cc(OCc3cncc(C#N)c3)c(CN(C)CC/C(N)=N/NN)cc2Cl)cccc1-c1cccc(OCCCN2CCCC2)c1C. The number of benzene rings is 3. The Morgan fingerprint density at radius 3 is 2.48 bits per heavy atom. The highest BCUT2D eigenvalue weighted by Gasteiger charge is 2.17. The molecule has 1 saturated heterocycles. The second-order valence-corrected chi connectivity index (χ2v) is 13.6. The number of ether oxygens (including phenoxy) is 3. The second-order valence-electron chi connectivity index (χ2n) is 13.2. The van der Waals surface area contributed by atoms with Crippen LogP contribution >= 0.6 is 11.6 Å². The van der Waals surface area contributed by atoms with Gasteiger partial charge in [0, 0.05) is 55.6 Å². The zero-order valence-corrected chi connectivity index (χ0v) is 31.1. The van der Waals surface area contributed by atoms with Crippen LogP contribution in [0.25, 0.3) is 11.1 Å². The summed E-state index contributed by atoms with van der Waals surface area (Å²) in [5.41, 5.74) is 15.8. The van der Waals surface area contributed by atoms with Gasteiger partial charge in [-0.05, 0) is 99.3 Å². The van der Waals surface area contributed by atoms with Crippen molar-refractivity contribution in [1.82, 2.24) is 20.3 Å². The number of hydrogen-bond donors (Lipinski definition) is 3. The van der Waals surface area contributed by atoms with E-state index in [1.165, 1.54) is 32.1 Å². The van der Waals surface area contributed by atoms with Crippen LogP contribution in [0.2, 0.25) is 5.02 Å². The number of halogens is 1. The number of aromatic nitrogens is 1. The van der Waals surface area contributed by atoms with Crippen molar-refractivity contribution in [2.45, 2.75) is 59.3 Å². The number of hydrogen-bond acceptors (Lipinski definition) is 10. The zero-order valence-electron chi connectivity index (χ0n) is 30.3. The predicted molar refractivity (Wildman–Crippen MR) is 206 cm³/mol. The summed E-state index contributed by atoms with van der Waals surface area (Å²) in [7, 11) is 1.97. The number of nitriles is 1. The normalized spacial score (nSPS) is 13.3. The van der Waals surface area contributed by atoms with Gasteiger partial charge in [0.05, 0.1) is 17.2 Å². The lowest BCUT2D eigenvalue weighted by Gasteiger charge is -2.21. The summed E-state index contributed by atoms with van der Waals surface area (Å²) in [6.07, 6.45) is 7.35. The molecule has 1 aliphatic rings. The molecule has 0 unspecified atom stereocenters. The van der Waals surface area contributed by atoms with Crippen molar-refractivity contribution in [3.63, 3.8) is 0 Å². The third-order valence-electron chi connectivity index (χ3n) is 9.31. The fraction of sp³-hybridized carbons (Fsp3) is 0.375. The molecule has 5 N–H and O–H groups in total. The summed E-state index contributed by atoms with van der Waals surface area (Å²) in [4.78, 5) is 8.77. The summed E-state index contributed by atoms with van der Waals surface area (Å²) in [6.45, 7) is 10.1. The Morgan fingerprint density at radius 2 is 1.71 bits per heavy atom. The molecule has 0 saturated carbocycles. The van der Waals surface area contributed by atoms with Crippen molar-refractivity contribution in [3.8, 4) is 34.4 Å². The first-order valence-electron chi connectivity index (χ1n) is 17.7. The van der Waals surface area contributed by atoms with E-state index in [2.05, 4.69) is 81.7 Å². The fourth-order valence-electron chi connectivity index (χ4n) is 6.37. The number of hydrazine groups is 1. The van der Waals surface area contributed by atoms with Gasteiger partial charge in [0.25, 0.3) is 0 Å². The van der Waals surface area contributed by atoms with Gasteiger partial charge in [0.2, 0.25) is 0 Å². The lowest BCUT2D eigenvalue weighted by atomic mass is 9.93. The van der Waals surface area contributed by atoms with E-state index in [1.807, 2.05) is 19.2 Å². The number of pyridine rings is 1. The van der Waals surface area contributed by atoms with E-state index in [9.17, 15) is 5.26 Å². The van der Waals surface area contributed by atoms with Crippen molar-refractivity contribution in [1.29, 1.82) is 5.26 Å². The van der Waals surface area contributed by atoms with Gasteiger partial charge in [-0.3, -0.25) is 4.98 Å². The Kier molecular flexibility index (Phi) is 14.1. The molecule has 274 valence electrons. The van der Waals surface area contributed by atoms with E-state index in [4.69, 9.17) is 37.4 Å². The van der Waals surface area contributed by atoms with Gasteiger partial charge in [-0.2, -0.15) is 10.4 Å². The summed E-state index contributed by atoms with van der Waals surface area (Å²) in [5.74, 6) is 7.69. The van der Waals surface area contributed by atoms with Crippen LogP contribution in [0.3, 0.4) is 0 Å². The Balaban J connectivity index is 1.31. The van der Waals surface area contributed by atoms with Gasteiger partial charge in [0.1, 0.15) is 42.4 Å². The predicted octanol–water partition coefficient (Wildman–Crippen LogP) is 6.47. The van der Waals surface area contributed by atoms with Crippen LogP contribution in [0.15, 0.2) is 72.1 Å². The van der Waals surface area contributed by atoms with Gasteiger partial charge >= 0.3 is 0 Å². The smallest absolute Gasteiger partial charge is 0.142 e. The maximum atomic E-state index is 9.33. The van der Waals surface area contributed by atoms with Crippen LogP contribution in [0.4, 0.5) is 0 Å². The number of nitrogens with two attached hydrogens (primary N) is 2. The topological polar surface area (TPSA) is 147 Å². The van der Waals surface area contributed by atoms with Crippen molar-refractivity contribution < 1.29 is 14.2 Å². The molecular weight excluding hydrogens is 676 g/mol. The minimum atomic E-state index is 0.212. The van der Waals surface area contributed by atoms with Gasteiger partial charge in [-0.1, -0.05) is 41.9 Å². The van der Waals surface area contributed by atoms with E-state index in [0.29, 0.717) is 60.6 Å². The molecule has 0 amide bonds. The third-order valence-corrected chi connectivity index (χ3v) is 9.61. The number of hydrazone groups is 1. The highest BCUT2D eigenvalue weighted by molar-refractivity contribution is 6.32. The molecule has 1 fully saturated rings. The highest BCUT2D eigenvalue weighted by Crippen LogP contribution is 2.36. The second kappa shape index (κ2) is 19.1. The van der Waals surface area contributed by atoms with Crippen LogP contribution in [-0.2, 0) is 19.8 Å². The number of nitrogens with zero attached hydrogens (tertiary/aromatic N) is 5. The van der Waals surface area contributed by atoms with Crippen molar-refractivity contribution >= 4 is 17.4 Å². The molecule has 1 aromatic heterocycles. The molecule has 0 aliphatic carbocycles. The largest absolute Gasteiger partial charge is 0.493 e. The van der Waals surface area contributed by atoms with Gasteiger partial charge in [-0.25, -0.2) is 11.4 Å². The number of rotatable bonds is 18. The first-order chi connectivity index (χ1) is 25.2. The van der Waals surface area contributed by atoms with Crippen LogP contribution in [0, 0.1) is 25.2 Å². The Bertz CT molecular complexity index is 1870. The van der Waals surface area contributed by atoms with Crippen molar-refractivity contribution in [2.75, 3.05) is 39.8 Å². The van der Waals surface area contributed by atoms with Crippen LogP contribution < -0.4 is 31.3 Å². The van der Waals surface area contributed by atoms with Gasteiger partial charge in [0.15, 0.2) is 0 Å². The van der Waals surface area contributed by atoms with E-state index >= 15 is 0 Å². The average Bonchev–Trinajstić information content (AvgIpc) is 3.67. The standard InChI is InChI=1S/C40H49ClN8O3/c1-28-32(9-6-10-34(28)35-11-7-12-37(29(35)2)50-18-8-16-49-14-4-5-15-49)27-52-39-21-38(51-26-31-19-30(22-42)23-45-24-31)33(20-36(39)41)25-48(3)17-13-40(43)46-47-44/h6-7,9-12,19-21,23-24,47H,4-5,8,13-18,25-27,44H2,1-3H3,(H2,43,46). The molecule has 0 bridgehead atoms. The van der Waals surface area contributed by atoms with Crippen LogP contribution in [-0.4, -0.2) is 60.5 Å². The summed E-state index contributed by atoms with van der Waals surface area (Å²) in [5, 5.41) is 13.6. The Labute approximate surface area is 312 Å². The van der Waals surface area contributed by atoms with Crippen LogP contribution in [0.1, 0.15) is 59.1 Å². The molecule has 1 aliphatic heterocycles. The summed E-state index contributed by atoms with van der Waals surface area (Å²) in [6, 6.07) is 20.1. The minimum absolute atomic E-state index is 0.212. The summed E-state index contributed by atoms with van der Waals surface area (Å²) < 4.78 is 19.0. The lowest BCUT2D eigenvalue weighted by molar-refractivity contribution is 0.262. The molecule has 0 radical (unpaired) electrons. The quantitative estimate of drug-likeness (QED) is 0.0343. The maximum Gasteiger partial charge on any atom is 0.142 e. The monoisotopic (exact) mass is 724 g/mol. The molecule has 12 heteroatoms. The molecule has 3 aromatic carbocycles. The fourth-order valence-corrected chi connectivity index (χ4v) is 6.61. The van der Waals surface area contributed by atoms with E-state index in [0.717, 1.165) is 57.7 Å². The van der Waals surface area contributed by atoms with Crippen LogP contribution in [0.5, 0.6) is 17.2 Å². The highest BCUT2D eigenvalue weighted by atomic mass is 35.5. The Hall–Kier alpha value is -4.86. The molecule has 4 aromatic rings. The first kappa shape index (κ1) is 38.4. The molecular formula is C40H49ClN8O3. The van der Waals surface area contributed by atoms with E-state index in [1.54, 1.807) is 12.3 Å².